The van der Waals surface area contributed by atoms with Gasteiger partial charge >= 0.3 is 5.76 Å². The van der Waals surface area contributed by atoms with Crippen LogP contribution in [0.15, 0.2) is 42.5 Å². The van der Waals surface area contributed by atoms with Crippen LogP contribution in [0.1, 0.15) is 12.5 Å². The van der Waals surface area contributed by atoms with Gasteiger partial charge in [0.2, 0.25) is 0 Å². The van der Waals surface area contributed by atoms with E-state index in [9.17, 15) is 21.6 Å². The predicted octanol–water partition coefficient (Wildman–Crippen LogP) is 2.84. The molecule has 0 aliphatic carbocycles. The van der Waals surface area contributed by atoms with Crippen molar-refractivity contribution in [2.75, 3.05) is 26.2 Å². The Kier molecular flexibility index (Phi) is 8.69. The zero-order valence-corrected chi connectivity index (χ0v) is 18.8. The van der Waals surface area contributed by atoms with E-state index in [1.54, 1.807) is 41.1 Å². The maximum atomic E-state index is 15.5. The van der Waals surface area contributed by atoms with Crippen LogP contribution in [0.4, 0.5) is 17.6 Å². The summed E-state index contributed by atoms with van der Waals surface area (Å²) >= 11 is 0. The van der Waals surface area contributed by atoms with Crippen LogP contribution in [0.25, 0.3) is 11.1 Å². The molecule has 1 heterocycles. The van der Waals surface area contributed by atoms with Crippen molar-refractivity contribution in [1.82, 2.24) is 15.4 Å². The van der Waals surface area contributed by atoms with Crippen molar-refractivity contribution >= 4 is 10.0 Å². The molecule has 0 radical (unpaired) electrons. The molecule has 33 heavy (non-hydrogen) atoms. The molecular formula is C22H27F4N3O3S. The third-order valence-corrected chi connectivity index (χ3v) is 6.49. The minimum absolute atomic E-state index is 0.0973. The Balaban J connectivity index is 1.82. The van der Waals surface area contributed by atoms with E-state index >= 15 is 4.39 Å². The quantitative estimate of drug-likeness (QED) is 0.334. The van der Waals surface area contributed by atoms with Crippen molar-refractivity contribution < 1.29 is 30.7 Å². The Bertz CT molecular complexity index is 1040. The van der Waals surface area contributed by atoms with Gasteiger partial charge in [-0.25, -0.2) is 21.9 Å². The Morgan fingerprint density at radius 1 is 1.15 bits per heavy atom. The van der Waals surface area contributed by atoms with E-state index in [-0.39, 0.29) is 24.1 Å². The highest BCUT2D eigenvalue weighted by atomic mass is 32.2. The number of para-hydroxylation sites is 1. The minimum atomic E-state index is -5.00. The van der Waals surface area contributed by atoms with E-state index < -0.39 is 39.9 Å². The van der Waals surface area contributed by atoms with Gasteiger partial charge in [0.15, 0.2) is 0 Å². The Morgan fingerprint density at radius 2 is 1.88 bits per heavy atom. The van der Waals surface area contributed by atoms with E-state index in [0.29, 0.717) is 24.5 Å². The van der Waals surface area contributed by atoms with Crippen molar-refractivity contribution in [1.29, 1.82) is 0 Å². The van der Waals surface area contributed by atoms with Gasteiger partial charge in [0.05, 0.1) is 6.04 Å². The molecule has 3 rings (SSSR count). The molecule has 0 saturated carbocycles. The summed E-state index contributed by atoms with van der Waals surface area (Å²) in [4.78, 5) is 0. The number of rotatable bonds is 11. The average Bonchev–Trinajstić information content (AvgIpc) is 3.11. The van der Waals surface area contributed by atoms with Crippen molar-refractivity contribution in [3.05, 3.63) is 53.8 Å². The highest BCUT2D eigenvalue weighted by Crippen LogP contribution is 2.33. The highest BCUT2D eigenvalue weighted by Gasteiger charge is 2.41. The van der Waals surface area contributed by atoms with Gasteiger partial charge in [0.25, 0.3) is 10.0 Å². The summed E-state index contributed by atoms with van der Waals surface area (Å²) in [5, 5.41) is 5.90. The van der Waals surface area contributed by atoms with E-state index in [1.165, 1.54) is 6.07 Å². The normalized spacial score (nSPS) is 21.0. The molecule has 0 spiro atoms. The van der Waals surface area contributed by atoms with Gasteiger partial charge in [-0.3, -0.25) is 0 Å². The number of benzene rings is 2. The summed E-state index contributed by atoms with van der Waals surface area (Å²) in [6.07, 6.45) is -1.82. The molecule has 3 unspecified atom stereocenters. The molecule has 1 fully saturated rings. The Morgan fingerprint density at radius 3 is 2.61 bits per heavy atom. The first-order chi connectivity index (χ1) is 15.7. The number of nitrogens with one attached hydrogen (secondary N) is 3. The van der Waals surface area contributed by atoms with Crippen molar-refractivity contribution in [3.63, 3.8) is 0 Å². The SMILES string of the molecule is CCNCCOc1ccccc1-c1cccc(CC2NCC(F)C2NS(=O)(=O)C(F)F)c1F. The zero-order chi connectivity index (χ0) is 24.0. The third-order valence-electron chi connectivity index (χ3n) is 5.42. The summed E-state index contributed by atoms with van der Waals surface area (Å²) in [7, 11) is -5.00. The Hall–Kier alpha value is -2.21. The summed E-state index contributed by atoms with van der Waals surface area (Å²) < 4.78 is 85.9. The number of ether oxygens (including phenoxy) is 1. The van der Waals surface area contributed by atoms with E-state index in [2.05, 4.69) is 10.6 Å². The second-order valence-corrected chi connectivity index (χ2v) is 9.34. The molecule has 0 amide bonds. The number of hydrogen-bond donors (Lipinski definition) is 3. The third kappa shape index (κ3) is 6.23. The number of halogens is 4. The topological polar surface area (TPSA) is 79.5 Å². The fourth-order valence-electron chi connectivity index (χ4n) is 3.77. The maximum Gasteiger partial charge on any atom is 0.350 e. The maximum absolute atomic E-state index is 15.5. The summed E-state index contributed by atoms with van der Waals surface area (Å²) in [6.45, 7) is 3.56. The van der Waals surface area contributed by atoms with Gasteiger partial charge in [0, 0.05) is 30.3 Å². The molecule has 3 atom stereocenters. The van der Waals surface area contributed by atoms with Crippen LogP contribution in [0.3, 0.4) is 0 Å². The van der Waals surface area contributed by atoms with Crippen LogP contribution < -0.4 is 20.1 Å². The first-order valence-corrected chi connectivity index (χ1v) is 12.2. The van der Waals surface area contributed by atoms with Crippen LogP contribution >= 0.6 is 0 Å². The van der Waals surface area contributed by atoms with Crippen LogP contribution in [0, 0.1) is 5.82 Å². The second kappa shape index (κ2) is 11.3. The first-order valence-electron chi connectivity index (χ1n) is 10.6. The summed E-state index contributed by atoms with van der Waals surface area (Å²) in [5.41, 5.74) is 1.000. The number of hydrogen-bond acceptors (Lipinski definition) is 5. The number of sulfonamides is 1. The lowest BCUT2D eigenvalue weighted by atomic mass is 9.96. The molecule has 0 aromatic heterocycles. The van der Waals surface area contributed by atoms with Crippen LogP contribution in [-0.2, 0) is 16.4 Å². The summed E-state index contributed by atoms with van der Waals surface area (Å²) in [6, 6.07) is 9.35. The fraction of sp³-hybridized carbons (Fsp3) is 0.455. The monoisotopic (exact) mass is 489 g/mol. The molecule has 1 aliphatic rings. The van der Waals surface area contributed by atoms with Gasteiger partial charge in [-0.05, 0) is 24.6 Å². The lowest BCUT2D eigenvalue weighted by Crippen LogP contribution is -2.49. The minimum Gasteiger partial charge on any atom is -0.492 e. The first kappa shape index (κ1) is 25.4. The van der Waals surface area contributed by atoms with E-state index in [1.807, 2.05) is 6.92 Å². The molecule has 182 valence electrons. The lowest BCUT2D eigenvalue weighted by molar-refractivity contribution is 0.227. The fourth-order valence-corrected chi connectivity index (χ4v) is 4.57. The molecule has 1 aliphatic heterocycles. The molecule has 11 heteroatoms. The average molecular weight is 490 g/mol. The van der Waals surface area contributed by atoms with Crippen molar-refractivity contribution in [3.8, 4) is 16.9 Å². The smallest absolute Gasteiger partial charge is 0.350 e. The highest BCUT2D eigenvalue weighted by molar-refractivity contribution is 7.89. The van der Waals surface area contributed by atoms with Crippen LogP contribution in [0.2, 0.25) is 0 Å². The van der Waals surface area contributed by atoms with E-state index in [0.717, 1.165) is 6.54 Å². The number of likely N-dealkylation sites (N-methyl/N-ethyl adjacent to an activating group) is 1. The van der Waals surface area contributed by atoms with Gasteiger partial charge in [-0.15, -0.1) is 0 Å². The molecule has 0 bridgehead atoms. The van der Waals surface area contributed by atoms with Crippen molar-refractivity contribution in [2.24, 2.45) is 0 Å². The van der Waals surface area contributed by atoms with Crippen LogP contribution in [-0.4, -0.2) is 58.7 Å². The number of alkyl halides is 3. The van der Waals surface area contributed by atoms with Gasteiger partial charge in [-0.2, -0.15) is 8.78 Å². The molecule has 2 aromatic carbocycles. The predicted molar refractivity (Wildman–Crippen MR) is 118 cm³/mol. The molecular weight excluding hydrogens is 462 g/mol. The zero-order valence-electron chi connectivity index (χ0n) is 18.0. The molecule has 3 N–H and O–H groups in total. The second-order valence-electron chi connectivity index (χ2n) is 7.66. The molecule has 2 aromatic rings. The molecule has 1 saturated heterocycles. The summed E-state index contributed by atoms with van der Waals surface area (Å²) in [5.74, 6) is -3.76. The van der Waals surface area contributed by atoms with Gasteiger partial charge < -0.3 is 15.4 Å². The molecule has 6 nitrogen and oxygen atoms in total. The van der Waals surface area contributed by atoms with Gasteiger partial charge in [0.1, 0.15) is 24.3 Å². The van der Waals surface area contributed by atoms with E-state index in [4.69, 9.17) is 4.74 Å². The lowest BCUT2D eigenvalue weighted by Gasteiger charge is -2.22. The van der Waals surface area contributed by atoms with Crippen molar-refractivity contribution in [2.45, 2.75) is 37.4 Å². The van der Waals surface area contributed by atoms with Crippen LogP contribution in [0.5, 0.6) is 5.75 Å². The Labute approximate surface area is 190 Å². The van der Waals surface area contributed by atoms with Gasteiger partial charge in [-0.1, -0.05) is 43.3 Å². The largest absolute Gasteiger partial charge is 0.492 e. The standard InChI is InChI=1S/C22H27F4N3O3S/c1-2-27-10-11-32-19-9-4-3-7-15(19)16-8-5-6-14(20(16)24)12-18-21(17(23)13-28-18)29-33(30,31)22(25)26/h3-9,17-18,21-22,27-29H,2,10-13H2,1H3.